The maximum atomic E-state index is 5.47. The van der Waals surface area contributed by atoms with Gasteiger partial charge in [0.15, 0.2) is 17.5 Å². The molecular weight excluding hydrogens is 421 g/mol. The molecule has 0 aromatic heterocycles. The zero-order valence-electron chi connectivity index (χ0n) is 14.9. The van der Waals surface area contributed by atoms with E-state index in [1.165, 1.54) is 0 Å². The summed E-state index contributed by atoms with van der Waals surface area (Å²) in [5.41, 5.74) is 1.04. The number of nitrogens with one attached hydrogen (secondary N) is 1. The molecule has 1 heterocycles. The molecule has 0 aliphatic carbocycles. The van der Waals surface area contributed by atoms with Crippen molar-refractivity contribution in [2.75, 3.05) is 48.1 Å². The standard InChI is InChI=1S/C17H27N3O3.HI/c1-18-17(20-9-8-13(11-20)12-21-2)19-10-14-6-5-7-15(22-3)16(14)23-4;/h5-7,13H,8-12H2,1-4H3,(H,18,19);1H. The van der Waals surface area contributed by atoms with Crippen LogP contribution in [0.2, 0.25) is 0 Å². The molecule has 1 saturated heterocycles. The lowest BCUT2D eigenvalue weighted by Crippen LogP contribution is -2.39. The molecule has 136 valence electrons. The van der Waals surface area contributed by atoms with Crippen LogP contribution in [-0.4, -0.2) is 58.9 Å². The molecule has 1 fully saturated rings. The number of benzene rings is 1. The Bertz CT molecular complexity index is 540. The summed E-state index contributed by atoms with van der Waals surface area (Å²) in [6.07, 6.45) is 1.14. The van der Waals surface area contributed by atoms with Gasteiger partial charge in [0.1, 0.15) is 0 Å². The van der Waals surface area contributed by atoms with Crippen molar-refractivity contribution in [2.45, 2.75) is 13.0 Å². The van der Waals surface area contributed by atoms with E-state index in [9.17, 15) is 0 Å². The normalized spacial score (nSPS) is 17.4. The highest BCUT2D eigenvalue weighted by molar-refractivity contribution is 14.0. The van der Waals surface area contributed by atoms with Crippen LogP contribution in [0.1, 0.15) is 12.0 Å². The van der Waals surface area contributed by atoms with Gasteiger partial charge in [-0.2, -0.15) is 0 Å². The molecule has 1 aliphatic heterocycles. The van der Waals surface area contributed by atoms with Gasteiger partial charge < -0.3 is 24.4 Å². The molecule has 1 atom stereocenters. The molecule has 1 unspecified atom stereocenters. The molecule has 0 radical (unpaired) electrons. The molecule has 0 spiro atoms. The Hall–Kier alpha value is -1.22. The van der Waals surface area contributed by atoms with Gasteiger partial charge in [-0.25, -0.2) is 0 Å². The first-order chi connectivity index (χ1) is 11.2. The lowest BCUT2D eigenvalue weighted by atomic mass is 10.1. The van der Waals surface area contributed by atoms with Gasteiger partial charge in [0, 0.05) is 45.3 Å². The van der Waals surface area contributed by atoms with Crippen LogP contribution in [0, 0.1) is 5.92 Å². The smallest absolute Gasteiger partial charge is 0.193 e. The third kappa shape index (κ3) is 5.14. The van der Waals surface area contributed by atoms with Crippen molar-refractivity contribution in [3.05, 3.63) is 23.8 Å². The number of hydrogen-bond donors (Lipinski definition) is 1. The first kappa shape index (κ1) is 20.8. The van der Waals surface area contributed by atoms with Gasteiger partial charge in [-0.3, -0.25) is 4.99 Å². The fraction of sp³-hybridized carbons (Fsp3) is 0.588. The third-order valence-electron chi connectivity index (χ3n) is 4.12. The van der Waals surface area contributed by atoms with E-state index in [4.69, 9.17) is 14.2 Å². The number of halogens is 1. The van der Waals surface area contributed by atoms with E-state index < -0.39 is 0 Å². The fourth-order valence-electron chi connectivity index (χ4n) is 3.00. The van der Waals surface area contributed by atoms with E-state index in [1.54, 1.807) is 21.3 Å². The molecule has 6 nitrogen and oxygen atoms in total. The van der Waals surface area contributed by atoms with Crippen LogP contribution in [0.25, 0.3) is 0 Å². The Balaban J connectivity index is 0.00000288. The second-order valence-electron chi connectivity index (χ2n) is 5.61. The number of aliphatic imine (C=N–C) groups is 1. The SMILES string of the molecule is CN=C(NCc1cccc(OC)c1OC)N1CCC(COC)C1.I. The van der Waals surface area contributed by atoms with E-state index in [0.717, 1.165) is 49.1 Å². The van der Waals surface area contributed by atoms with E-state index in [-0.39, 0.29) is 24.0 Å². The molecule has 1 N–H and O–H groups in total. The lowest BCUT2D eigenvalue weighted by molar-refractivity contribution is 0.157. The van der Waals surface area contributed by atoms with Gasteiger partial charge in [0.05, 0.1) is 20.8 Å². The Morgan fingerprint density at radius 1 is 1.29 bits per heavy atom. The highest BCUT2D eigenvalue weighted by Gasteiger charge is 2.24. The number of hydrogen-bond acceptors (Lipinski definition) is 4. The maximum absolute atomic E-state index is 5.47. The average molecular weight is 449 g/mol. The van der Waals surface area contributed by atoms with Gasteiger partial charge in [-0.05, 0) is 12.5 Å². The predicted octanol–water partition coefficient (Wildman–Crippen LogP) is 2.37. The number of methoxy groups -OCH3 is 3. The Labute approximate surface area is 161 Å². The number of rotatable bonds is 6. The van der Waals surface area contributed by atoms with Crippen LogP contribution in [0.3, 0.4) is 0 Å². The summed E-state index contributed by atoms with van der Waals surface area (Å²) in [7, 11) is 6.87. The summed E-state index contributed by atoms with van der Waals surface area (Å²) >= 11 is 0. The van der Waals surface area contributed by atoms with Crippen LogP contribution < -0.4 is 14.8 Å². The largest absolute Gasteiger partial charge is 0.493 e. The van der Waals surface area contributed by atoms with Gasteiger partial charge >= 0.3 is 0 Å². The summed E-state index contributed by atoms with van der Waals surface area (Å²) in [5.74, 6) is 2.98. The Morgan fingerprint density at radius 3 is 2.71 bits per heavy atom. The summed E-state index contributed by atoms with van der Waals surface area (Å²) < 4.78 is 16.1. The van der Waals surface area contributed by atoms with Crippen LogP contribution >= 0.6 is 24.0 Å². The van der Waals surface area contributed by atoms with Crippen molar-refractivity contribution in [3.63, 3.8) is 0 Å². The van der Waals surface area contributed by atoms with Crippen molar-refractivity contribution in [3.8, 4) is 11.5 Å². The molecule has 0 amide bonds. The monoisotopic (exact) mass is 449 g/mol. The summed E-state index contributed by atoms with van der Waals surface area (Å²) in [5, 5.41) is 3.42. The van der Waals surface area contributed by atoms with E-state index in [1.807, 2.05) is 25.2 Å². The third-order valence-corrected chi connectivity index (χ3v) is 4.12. The highest BCUT2D eigenvalue weighted by atomic mass is 127. The van der Waals surface area contributed by atoms with Crippen molar-refractivity contribution < 1.29 is 14.2 Å². The van der Waals surface area contributed by atoms with E-state index >= 15 is 0 Å². The predicted molar refractivity (Wildman–Crippen MR) is 107 cm³/mol. The molecular formula is C17H28IN3O3. The van der Waals surface area contributed by atoms with Crippen LogP contribution in [0.5, 0.6) is 11.5 Å². The summed E-state index contributed by atoms with van der Waals surface area (Å²) in [4.78, 5) is 6.67. The minimum absolute atomic E-state index is 0. The number of para-hydroxylation sites is 1. The molecule has 0 saturated carbocycles. The maximum Gasteiger partial charge on any atom is 0.193 e. The quantitative estimate of drug-likeness (QED) is 0.411. The molecule has 7 heteroatoms. The number of nitrogens with zero attached hydrogens (tertiary/aromatic N) is 2. The topological polar surface area (TPSA) is 55.3 Å². The number of guanidine groups is 1. The van der Waals surface area contributed by atoms with Gasteiger partial charge in [-0.1, -0.05) is 12.1 Å². The van der Waals surface area contributed by atoms with Gasteiger partial charge in [0.25, 0.3) is 0 Å². The minimum Gasteiger partial charge on any atom is -0.493 e. The molecule has 24 heavy (non-hydrogen) atoms. The van der Waals surface area contributed by atoms with Crippen LogP contribution in [0.15, 0.2) is 23.2 Å². The fourth-order valence-corrected chi connectivity index (χ4v) is 3.00. The van der Waals surface area contributed by atoms with Gasteiger partial charge in [-0.15, -0.1) is 24.0 Å². The zero-order valence-corrected chi connectivity index (χ0v) is 17.2. The first-order valence-electron chi connectivity index (χ1n) is 7.87. The van der Waals surface area contributed by atoms with Crippen molar-refractivity contribution in [2.24, 2.45) is 10.9 Å². The van der Waals surface area contributed by atoms with Crippen LogP contribution in [-0.2, 0) is 11.3 Å². The second kappa shape index (κ2) is 10.6. The zero-order chi connectivity index (χ0) is 16.7. The van der Waals surface area contributed by atoms with E-state index in [0.29, 0.717) is 12.5 Å². The number of ether oxygens (including phenoxy) is 3. The van der Waals surface area contributed by atoms with Crippen molar-refractivity contribution in [1.29, 1.82) is 0 Å². The molecule has 1 aromatic carbocycles. The highest BCUT2D eigenvalue weighted by Crippen LogP contribution is 2.30. The van der Waals surface area contributed by atoms with E-state index in [2.05, 4.69) is 15.2 Å². The molecule has 2 rings (SSSR count). The lowest BCUT2D eigenvalue weighted by Gasteiger charge is -2.22. The van der Waals surface area contributed by atoms with Crippen molar-refractivity contribution >= 4 is 29.9 Å². The summed E-state index contributed by atoms with van der Waals surface area (Å²) in [6.45, 7) is 3.42. The summed E-state index contributed by atoms with van der Waals surface area (Å²) in [6, 6.07) is 5.89. The molecule has 0 bridgehead atoms. The number of likely N-dealkylation sites (tertiary alicyclic amines) is 1. The Kier molecular flexibility index (Phi) is 9.20. The molecule has 1 aromatic rings. The first-order valence-corrected chi connectivity index (χ1v) is 7.87. The van der Waals surface area contributed by atoms with Crippen LogP contribution in [0.4, 0.5) is 0 Å². The average Bonchev–Trinajstić information content (AvgIpc) is 3.03. The molecule has 1 aliphatic rings. The second-order valence-corrected chi connectivity index (χ2v) is 5.61. The minimum atomic E-state index is 0. The van der Waals surface area contributed by atoms with Gasteiger partial charge in [0.2, 0.25) is 0 Å². The van der Waals surface area contributed by atoms with Crippen molar-refractivity contribution in [1.82, 2.24) is 10.2 Å². The Morgan fingerprint density at radius 2 is 2.08 bits per heavy atom.